The number of aliphatic carboxylic acids is 1. The number of carbonyl (C=O) groups is 6. The fraction of sp³-hybridized carbons (Fsp3) is 0.600. The molecule has 342 valence electrons. The molecule has 3 amide bonds. The van der Waals surface area contributed by atoms with Gasteiger partial charge in [0.15, 0.2) is 11.6 Å². The lowest BCUT2D eigenvalue weighted by atomic mass is 9.88. The van der Waals surface area contributed by atoms with E-state index in [1.165, 1.54) is 0 Å². The first-order valence-electron chi connectivity index (χ1n) is 20.9. The second kappa shape index (κ2) is 33.2. The third kappa shape index (κ3) is 23.3. The highest BCUT2D eigenvalue weighted by Crippen LogP contribution is 2.20. The minimum absolute atomic E-state index is 0. The van der Waals surface area contributed by atoms with Crippen molar-refractivity contribution in [2.24, 2.45) is 40.7 Å². The van der Waals surface area contributed by atoms with Crippen LogP contribution in [0.15, 0.2) is 60.7 Å². The average Bonchev–Trinajstić information content (AvgIpc) is 3.21. The van der Waals surface area contributed by atoms with Gasteiger partial charge in [0.1, 0.15) is 6.04 Å². The lowest BCUT2D eigenvalue weighted by Gasteiger charge is -2.25. The van der Waals surface area contributed by atoms with Gasteiger partial charge < -0.3 is 50.9 Å². The van der Waals surface area contributed by atoms with E-state index < -0.39 is 53.8 Å². The monoisotopic (exact) mass is 846 g/mol. The Hall–Kier alpha value is -4.54. The minimum Gasteiger partial charge on any atom is -1.00 e. The number of carbonyl (C=O) groups excluding carboxylic acids is 5. The van der Waals surface area contributed by atoms with E-state index in [-0.39, 0.29) is 69.9 Å². The fourth-order valence-corrected chi connectivity index (χ4v) is 6.47. The summed E-state index contributed by atoms with van der Waals surface area (Å²) < 4.78 is 0. The van der Waals surface area contributed by atoms with Gasteiger partial charge in [-0.2, -0.15) is 0 Å². The van der Waals surface area contributed by atoms with Crippen molar-refractivity contribution >= 4 is 35.3 Å². The molecule has 2 aromatic rings. The van der Waals surface area contributed by atoms with Crippen LogP contribution in [0.1, 0.15) is 112 Å². The van der Waals surface area contributed by atoms with Gasteiger partial charge in [0.25, 0.3) is 0 Å². The molecule has 0 heterocycles. The molecule has 6 atom stereocenters. The van der Waals surface area contributed by atoms with Crippen molar-refractivity contribution < 1.29 is 40.8 Å². The van der Waals surface area contributed by atoms with Crippen molar-refractivity contribution in [3.63, 3.8) is 0 Å². The van der Waals surface area contributed by atoms with Crippen LogP contribution in [0.2, 0.25) is 0 Å². The Bertz CT molecular complexity index is 1520. The quantitative estimate of drug-likeness (QED) is 0.0551. The van der Waals surface area contributed by atoms with Gasteiger partial charge in [-0.15, -0.1) is 0 Å². The molecule has 0 aliphatic rings. The van der Waals surface area contributed by atoms with Gasteiger partial charge in [0, 0.05) is 31.2 Å². The summed E-state index contributed by atoms with van der Waals surface area (Å²) in [5.41, 5.74) is 25.2. The molecule has 0 aromatic heterocycles. The molecule has 2 aromatic carbocycles. The van der Waals surface area contributed by atoms with E-state index in [4.69, 9.17) is 22.9 Å². The summed E-state index contributed by atoms with van der Waals surface area (Å²) in [7, 11) is 0. The van der Waals surface area contributed by atoms with Crippen LogP contribution in [0.3, 0.4) is 0 Å². The standard InChI is InChI=1S/C42H65N7O7.C2H6.CH4.H2O.H/c1-28(2)23-36(49-40(53)32(24-29-13-5-3-6-14-29)27-37(50)34(46)25-30-15-7-4-8-16-30)38(51)26-31(17-11-20-43)39(52)47-22-10-9-19-35(42(55)56)48-41(54)33(45)18-12-21-44;1-2;;;/h3-8,13-16,28,31-36H,9-12,17-27,43-46H2,1-2H3,(H,47,52)(H,48,54)(H,49,53)(H,55,56);1-2H3;1H4;1H2;/q;;;;-1/t31-,32-,33+,34+,35-,36+;;;;/m0..../s1/i;;;;1+1. The number of hydrogen-bond donors (Lipinski definition) is 8. The number of nitrogens with two attached hydrogens (primary N) is 4. The highest BCUT2D eigenvalue weighted by atomic mass is 16.4. The van der Waals surface area contributed by atoms with Crippen LogP contribution in [0.25, 0.3) is 0 Å². The number of nitrogens with one attached hydrogen (secondary N) is 3. The van der Waals surface area contributed by atoms with E-state index in [0.717, 1.165) is 11.1 Å². The van der Waals surface area contributed by atoms with Crippen LogP contribution in [-0.4, -0.2) is 89.6 Å². The van der Waals surface area contributed by atoms with Crippen LogP contribution < -0.4 is 38.9 Å². The highest BCUT2D eigenvalue weighted by molar-refractivity contribution is 5.95. The molecule has 0 aliphatic heterocycles. The summed E-state index contributed by atoms with van der Waals surface area (Å²) in [5, 5.41) is 17.9. The fourth-order valence-electron chi connectivity index (χ4n) is 6.47. The largest absolute Gasteiger partial charge is 1.00 e. The Kier molecular flexibility index (Phi) is 31.9. The molecule has 15 nitrogen and oxygen atoms in total. The molecule has 0 unspecified atom stereocenters. The van der Waals surface area contributed by atoms with Gasteiger partial charge in [-0.3, -0.25) is 24.0 Å². The first-order valence-corrected chi connectivity index (χ1v) is 20.9. The Balaban J connectivity index is -0.00000662. The number of amides is 3. The molecule has 0 aliphatic carbocycles. The summed E-state index contributed by atoms with van der Waals surface area (Å²) in [6.45, 7) is 8.81. The molecule has 0 saturated carbocycles. The zero-order valence-electron chi connectivity index (χ0n) is 36.6. The number of unbranched alkanes of at least 4 members (excludes halogenated alkanes) is 1. The average molecular weight is 846 g/mol. The van der Waals surface area contributed by atoms with E-state index in [9.17, 15) is 33.9 Å². The Morgan fingerprint density at radius 3 is 1.68 bits per heavy atom. The second-order valence-corrected chi connectivity index (χ2v) is 15.1. The lowest BCUT2D eigenvalue weighted by molar-refractivity contribution is -0.142. The number of benzene rings is 2. The second-order valence-electron chi connectivity index (χ2n) is 15.1. The number of carboxylic acids is 1. The summed E-state index contributed by atoms with van der Waals surface area (Å²) in [6.07, 6.45) is 3.47. The van der Waals surface area contributed by atoms with Crippen LogP contribution >= 0.6 is 0 Å². The zero-order valence-corrected chi connectivity index (χ0v) is 35.6. The number of rotatable bonds is 29. The summed E-state index contributed by atoms with van der Waals surface area (Å²) in [5.74, 6) is -4.47. The van der Waals surface area contributed by atoms with Crippen molar-refractivity contribution in [3.8, 4) is 0 Å². The maximum Gasteiger partial charge on any atom is 0.326 e. The van der Waals surface area contributed by atoms with E-state index in [1.54, 1.807) is 0 Å². The van der Waals surface area contributed by atoms with Crippen molar-refractivity contribution in [2.45, 2.75) is 136 Å². The number of carboxylic acid groups (broad SMARTS) is 1. The van der Waals surface area contributed by atoms with E-state index in [1.807, 2.05) is 88.4 Å². The molecule has 0 spiro atoms. The predicted octanol–water partition coefficient (Wildman–Crippen LogP) is 3.09. The Labute approximate surface area is 359 Å². The minimum atomic E-state index is -1.18. The molecule has 14 N–H and O–H groups in total. The number of Topliss-reactive ketones (excluding diaryl/α,β-unsaturated/α-hetero) is 2. The molecule has 0 bridgehead atoms. The molecule has 60 heavy (non-hydrogen) atoms. The van der Waals surface area contributed by atoms with Crippen LogP contribution in [0.4, 0.5) is 0 Å². The number of hydrogen-bond acceptors (Lipinski definition) is 10. The molecular formula is C45H78N7O8-. The third-order valence-electron chi connectivity index (χ3n) is 9.73. The van der Waals surface area contributed by atoms with Crippen LogP contribution in [0, 0.1) is 17.8 Å². The van der Waals surface area contributed by atoms with Gasteiger partial charge in [-0.05, 0) is 94.3 Å². The smallest absolute Gasteiger partial charge is 0.326 e. The van der Waals surface area contributed by atoms with Gasteiger partial charge in [-0.1, -0.05) is 95.8 Å². The summed E-state index contributed by atoms with van der Waals surface area (Å²) in [6, 6.07) is 15.1. The summed E-state index contributed by atoms with van der Waals surface area (Å²) in [4.78, 5) is 78.7. The van der Waals surface area contributed by atoms with Gasteiger partial charge in [-0.25, -0.2) is 4.79 Å². The molecule has 2 rings (SSSR count). The predicted molar refractivity (Wildman–Crippen MR) is 240 cm³/mol. The molecular weight excluding hydrogens is 767 g/mol. The maximum absolute atomic E-state index is 14.0. The molecule has 0 saturated heterocycles. The van der Waals surface area contributed by atoms with Crippen molar-refractivity contribution in [1.29, 1.82) is 0 Å². The molecule has 15 heteroatoms. The lowest BCUT2D eigenvalue weighted by Crippen LogP contribution is -2.48. The van der Waals surface area contributed by atoms with Crippen molar-refractivity contribution in [1.82, 2.24) is 16.0 Å². The summed E-state index contributed by atoms with van der Waals surface area (Å²) >= 11 is 0. The van der Waals surface area contributed by atoms with Gasteiger partial charge >= 0.3 is 5.97 Å². The first kappa shape index (κ1) is 57.6. The van der Waals surface area contributed by atoms with Crippen LogP contribution in [0.5, 0.6) is 0 Å². The SMILES string of the molecule is C.CC.CC(C)C[C@@H](NC(=O)[C@H](CC(=O)[C@H](N)Cc1ccccc1)Cc1ccccc1)C(=O)C[C@H](CCCN)C(=O)NCCCC[C@H](NC(=O)[C@H](N)CCCN)C(=O)O.O.[2H-]. The maximum atomic E-state index is 14.0. The normalized spacial score (nSPS) is 13.6. The topological polar surface area (TPSA) is 294 Å². The van der Waals surface area contributed by atoms with Crippen LogP contribution in [-0.2, 0) is 41.6 Å². The van der Waals surface area contributed by atoms with Gasteiger partial charge in [0.05, 0.1) is 18.1 Å². The number of ketones is 2. The first-order chi connectivity index (χ1) is 27.7. The zero-order chi connectivity index (χ0) is 43.5. The van der Waals surface area contributed by atoms with Crippen molar-refractivity contribution in [3.05, 3.63) is 71.8 Å². The van der Waals surface area contributed by atoms with E-state index in [0.29, 0.717) is 64.5 Å². The third-order valence-corrected chi connectivity index (χ3v) is 9.73. The highest BCUT2D eigenvalue weighted by Gasteiger charge is 2.32. The Morgan fingerprint density at radius 1 is 0.633 bits per heavy atom. The Morgan fingerprint density at radius 2 is 1.15 bits per heavy atom. The van der Waals surface area contributed by atoms with E-state index >= 15 is 0 Å². The molecule has 0 fully saturated rings. The van der Waals surface area contributed by atoms with Crippen molar-refractivity contribution in [2.75, 3.05) is 19.6 Å². The van der Waals surface area contributed by atoms with Gasteiger partial charge in [0.2, 0.25) is 17.7 Å². The van der Waals surface area contributed by atoms with E-state index in [2.05, 4.69) is 16.0 Å². The molecule has 0 radical (unpaired) electrons.